The summed E-state index contributed by atoms with van der Waals surface area (Å²) in [5.74, 6) is -0.351. The Kier molecular flexibility index (Phi) is 7.33. The lowest BCUT2D eigenvalue weighted by atomic mass is 10.1. The molecule has 94 valence electrons. The first kappa shape index (κ1) is 14.7. The molecule has 0 aromatic rings. The van der Waals surface area contributed by atoms with Crippen LogP contribution in [0.2, 0.25) is 0 Å². The molecule has 0 aromatic heterocycles. The molecule has 0 saturated heterocycles. The Morgan fingerprint density at radius 3 is 2.31 bits per heavy atom. The van der Waals surface area contributed by atoms with Crippen LogP contribution in [0.1, 0.15) is 40.0 Å². The van der Waals surface area contributed by atoms with Crippen molar-refractivity contribution >= 4 is 12.0 Å². The maximum atomic E-state index is 11.2. The zero-order chi connectivity index (χ0) is 12.6. The minimum Gasteiger partial charge on any atom is -0.480 e. The average molecular weight is 230 g/mol. The van der Waals surface area contributed by atoms with Crippen molar-refractivity contribution in [2.24, 2.45) is 5.92 Å². The second-order valence-electron chi connectivity index (χ2n) is 4.35. The highest BCUT2D eigenvalue weighted by molar-refractivity contribution is 5.82. The van der Waals surface area contributed by atoms with E-state index < -0.39 is 18.0 Å². The number of hydrogen-bond donors (Lipinski definition) is 3. The highest BCUT2D eigenvalue weighted by atomic mass is 16.4. The van der Waals surface area contributed by atoms with Crippen molar-refractivity contribution in [3.05, 3.63) is 0 Å². The highest BCUT2D eigenvalue weighted by Gasteiger charge is 2.12. The van der Waals surface area contributed by atoms with Crippen LogP contribution in [0, 0.1) is 5.92 Å². The van der Waals surface area contributed by atoms with E-state index in [1.165, 1.54) is 6.92 Å². The molecule has 0 aliphatic rings. The topological polar surface area (TPSA) is 78.4 Å². The van der Waals surface area contributed by atoms with Gasteiger partial charge in [0.15, 0.2) is 0 Å². The molecule has 0 saturated carbocycles. The quantitative estimate of drug-likeness (QED) is 0.581. The summed E-state index contributed by atoms with van der Waals surface area (Å²) in [4.78, 5) is 21.6. The normalized spacial score (nSPS) is 12.2. The molecule has 5 heteroatoms. The van der Waals surface area contributed by atoms with Crippen LogP contribution in [0.25, 0.3) is 0 Å². The van der Waals surface area contributed by atoms with Crippen LogP contribution < -0.4 is 10.6 Å². The fourth-order valence-electron chi connectivity index (χ4n) is 1.19. The van der Waals surface area contributed by atoms with E-state index in [0.717, 1.165) is 19.3 Å². The summed E-state index contributed by atoms with van der Waals surface area (Å²) in [5, 5.41) is 13.5. The molecule has 0 bridgehead atoms. The van der Waals surface area contributed by atoms with Crippen LogP contribution in [0.5, 0.6) is 0 Å². The molecule has 0 aliphatic carbocycles. The number of urea groups is 1. The summed E-state index contributed by atoms with van der Waals surface area (Å²) in [6.07, 6.45) is 3.15. The van der Waals surface area contributed by atoms with Crippen molar-refractivity contribution < 1.29 is 14.7 Å². The molecule has 0 aromatic carbocycles. The first-order chi connectivity index (χ1) is 7.43. The SMILES string of the molecule is CC(C)CCCCNC(=O)N[C@H](C)C(=O)O. The molecule has 16 heavy (non-hydrogen) atoms. The van der Waals surface area contributed by atoms with E-state index in [4.69, 9.17) is 5.11 Å². The van der Waals surface area contributed by atoms with Gasteiger partial charge in [-0.05, 0) is 19.3 Å². The molecular formula is C11H22N2O3. The minimum absolute atomic E-state index is 0.417. The minimum atomic E-state index is -1.03. The first-order valence-corrected chi connectivity index (χ1v) is 5.70. The smallest absolute Gasteiger partial charge is 0.325 e. The molecule has 2 amide bonds. The Balaban J connectivity index is 3.48. The molecule has 0 radical (unpaired) electrons. The van der Waals surface area contributed by atoms with Crippen molar-refractivity contribution in [3.63, 3.8) is 0 Å². The molecule has 0 rings (SSSR count). The van der Waals surface area contributed by atoms with Gasteiger partial charge in [-0.25, -0.2) is 4.79 Å². The fraction of sp³-hybridized carbons (Fsp3) is 0.818. The predicted molar refractivity (Wildman–Crippen MR) is 62.3 cm³/mol. The molecule has 0 unspecified atom stereocenters. The molecule has 0 fully saturated rings. The largest absolute Gasteiger partial charge is 0.480 e. The summed E-state index contributed by atoms with van der Waals surface area (Å²) in [5.41, 5.74) is 0. The Bertz CT molecular complexity index is 229. The Hall–Kier alpha value is -1.26. The molecule has 5 nitrogen and oxygen atoms in total. The average Bonchev–Trinajstić information content (AvgIpc) is 2.16. The van der Waals surface area contributed by atoms with E-state index in [-0.39, 0.29) is 0 Å². The Morgan fingerprint density at radius 2 is 1.81 bits per heavy atom. The van der Waals surface area contributed by atoms with E-state index in [0.29, 0.717) is 12.5 Å². The number of carbonyl (C=O) groups excluding carboxylic acids is 1. The number of carboxylic acids is 1. The van der Waals surface area contributed by atoms with Crippen LogP contribution in [-0.4, -0.2) is 29.7 Å². The van der Waals surface area contributed by atoms with E-state index in [1.807, 2.05) is 0 Å². The number of hydrogen-bond acceptors (Lipinski definition) is 2. The van der Waals surface area contributed by atoms with Crippen LogP contribution in [0.3, 0.4) is 0 Å². The summed E-state index contributed by atoms with van der Waals surface area (Å²) >= 11 is 0. The third-order valence-electron chi connectivity index (χ3n) is 2.21. The van der Waals surface area contributed by atoms with Gasteiger partial charge in [0.2, 0.25) is 0 Å². The fourth-order valence-corrected chi connectivity index (χ4v) is 1.19. The number of rotatable bonds is 7. The molecular weight excluding hydrogens is 208 g/mol. The molecule has 0 heterocycles. The van der Waals surface area contributed by atoms with Gasteiger partial charge in [-0.15, -0.1) is 0 Å². The number of carbonyl (C=O) groups is 2. The lowest BCUT2D eigenvalue weighted by Crippen LogP contribution is -2.44. The summed E-state index contributed by atoms with van der Waals surface area (Å²) < 4.78 is 0. The maximum absolute atomic E-state index is 11.2. The lowest BCUT2D eigenvalue weighted by Gasteiger charge is -2.10. The summed E-state index contributed by atoms with van der Waals surface area (Å²) in [6.45, 7) is 6.34. The van der Waals surface area contributed by atoms with Crippen molar-refractivity contribution in [1.82, 2.24) is 10.6 Å². The second kappa shape index (κ2) is 7.96. The monoisotopic (exact) mass is 230 g/mol. The molecule has 1 atom stereocenters. The van der Waals surface area contributed by atoms with Crippen molar-refractivity contribution in [1.29, 1.82) is 0 Å². The van der Waals surface area contributed by atoms with Gasteiger partial charge in [-0.1, -0.05) is 26.7 Å². The van der Waals surface area contributed by atoms with E-state index >= 15 is 0 Å². The van der Waals surface area contributed by atoms with E-state index in [1.54, 1.807) is 0 Å². The van der Waals surface area contributed by atoms with Crippen LogP contribution in [0.15, 0.2) is 0 Å². The van der Waals surface area contributed by atoms with E-state index in [2.05, 4.69) is 24.5 Å². The number of amides is 2. The standard InChI is InChI=1S/C11H22N2O3/c1-8(2)6-4-5-7-12-11(16)13-9(3)10(14)15/h8-9H,4-7H2,1-3H3,(H,14,15)(H2,12,13,16)/t9-/m1/s1. The second-order valence-corrected chi connectivity index (χ2v) is 4.35. The summed E-state index contributed by atoms with van der Waals surface area (Å²) in [7, 11) is 0. The van der Waals surface area contributed by atoms with Crippen molar-refractivity contribution in [2.45, 2.75) is 46.1 Å². The van der Waals surface area contributed by atoms with Gasteiger partial charge in [-0.3, -0.25) is 4.79 Å². The van der Waals surface area contributed by atoms with Gasteiger partial charge in [0.1, 0.15) is 6.04 Å². The van der Waals surface area contributed by atoms with E-state index in [9.17, 15) is 9.59 Å². The van der Waals surface area contributed by atoms with Gasteiger partial charge in [0.05, 0.1) is 0 Å². The molecule has 0 spiro atoms. The first-order valence-electron chi connectivity index (χ1n) is 5.70. The van der Waals surface area contributed by atoms with Crippen LogP contribution >= 0.6 is 0 Å². The molecule has 3 N–H and O–H groups in total. The number of unbranched alkanes of at least 4 members (excludes halogenated alkanes) is 1. The van der Waals surface area contributed by atoms with Gasteiger partial charge < -0.3 is 15.7 Å². The molecule has 0 aliphatic heterocycles. The van der Waals surface area contributed by atoms with Gasteiger partial charge in [0, 0.05) is 6.54 Å². The summed E-state index contributed by atoms with van der Waals surface area (Å²) in [6, 6.07) is -1.27. The van der Waals surface area contributed by atoms with Gasteiger partial charge in [-0.2, -0.15) is 0 Å². The zero-order valence-electron chi connectivity index (χ0n) is 10.2. The lowest BCUT2D eigenvalue weighted by molar-refractivity contribution is -0.138. The number of carboxylic acid groups (broad SMARTS) is 1. The Morgan fingerprint density at radius 1 is 1.19 bits per heavy atom. The third-order valence-corrected chi connectivity index (χ3v) is 2.21. The maximum Gasteiger partial charge on any atom is 0.325 e. The van der Waals surface area contributed by atoms with Gasteiger partial charge in [0.25, 0.3) is 0 Å². The van der Waals surface area contributed by atoms with Crippen LogP contribution in [-0.2, 0) is 4.79 Å². The third kappa shape index (κ3) is 8.08. The van der Waals surface area contributed by atoms with Gasteiger partial charge >= 0.3 is 12.0 Å². The number of aliphatic carboxylic acids is 1. The zero-order valence-corrected chi connectivity index (χ0v) is 10.2. The van der Waals surface area contributed by atoms with Crippen molar-refractivity contribution in [2.75, 3.05) is 6.54 Å². The highest BCUT2D eigenvalue weighted by Crippen LogP contribution is 2.04. The van der Waals surface area contributed by atoms with Crippen LogP contribution in [0.4, 0.5) is 4.79 Å². The Labute approximate surface area is 96.6 Å². The predicted octanol–water partition coefficient (Wildman–Crippen LogP) is 1.58. The van der Waals surface area contributed by atoms with Crippen molar-refractivity contribution in [3.8, 4) is 0 Å². The number of nitrogens with one attached hydrogen (secondary N) is 2.